The Balaban J connectivity index is 2.17. The number of nitrogens with zero attached hydrogens (tertiary/aromatic N) is 2. The molecule has 1 aromatic heterocycles. The van der Waals surface area contributed by atoms with E-state index < -0.39 is 6.10 Å². The maximum atomic E-state index is 10.8. The number of aromatic nitrogens is 2. The summed E-state index contributed by atoms with van der Waals surface area (Å²) >= 11 is 0. The van der Waals surface area contributed by atoms with Gasteiger partial charge in [-0.3, -0.25) is 0 Å². The van der Waals surface area contributed by atoms with E-state index in [0.717, 1.165) is 31.0 Å². The van der Waals surface area contributed by atoms with Gasteiger partial charge in [0.05, 0.1) is 18.2 Å². The van der Waals surface area contributed by atoms with Gasteiger partial charge in [-0.2, -0.15) is 0 Å². The zero-order chi connectivity index (χ0) is 13.9. The van der Waals surface area contributed by atoms with E-state index in [1.807, 2.05) is 4.57 Å². The fourth-order valence-electron chi connectivity index (χ4n) is 3.39. The van der Waals surface area contributed by atoms with Crippen LogP contribution in [0.2, 0.25) is 0 Å². The van der Waals surface area contributed by atoms with Crippen LogP contribution in [0.25, 0.3) is 0 Å². The lowest BCUT2D eigenvalue weighted by Gasteiger charge is -2.42. The summed E-state index contributed by atoms with van der Waals surface area (Å²) in [6.45, 7) is 5.72. The Morgan fingerprint density at radius 1 is 1.47 bits per heavy atom. The standard InChI is InChI=1S/C15H27N3O/c1-3-12-5-7-15(10-16,8-6-12)14(19)13-9-17-11-18(13)4-2/h9,11-12,14,19H,3-8,10,16H2,1-2H3. The minimum atomic E-state index is -0.488. The Hall–Kier alpha value is -0.870. The number of rotatable bonds is 5. The fourth-order valence-corrected chi connectivity index (χ4v) is 3.39. The summed E-state index contributed by atoms with van der Waals surface area (Å²) in [5.41, 5.74) is 6.80. The number of hydrogen-bond acceptors (Lipinski definition) is 3. The van der Waals surface area contributed by atoms with Crippen molar-refractivity contribution in [3.05, 3.63) is 18.2 Å². The Bertz CT molecular complexity index is 394. The van der Waals surface area contributed by atoms with Crippen LogP contribution in [0.1, 0.15) is 57.7 Å². The van der Waals surface area contributed by atoms with Crippen LogP contribution in [0, 0.1) is 11.3 Å². The number of aliphatic hydroxyl groups is 1. The van der Waals surface area contributed by atoms with E-state index in [1.165, 1.54) is 19.3 Å². The smallest absolute Gasteiger partial charge is 0.102 e. The first-order chi connectivity index (χ1) is 9.16. The first-order valence-electron chi connectivity index (χ1n) is 7.55. The molecule has 1 atom stereocenters. The normalized spacial score (nSPS) is 29.4. The monoisotopic (exact) mass is 265 g/mol. The molecule has 0 bridgehead atoms. The second kappa shape index (κ2) is 6.06. The lowest BCUT2D eigenvalue weighted by Crippen LogP contribution is -2.40. The number of aliphatic hydroxyl groups excluding tert-OH is 1. The summed E-state index contributed by atoms with van der Waals surface area (Å²) in [5, 5.41) is 10.8. The van der Waals surface area contributed by atoms with Crippen LogP contribution in [0.5, 0.6) is 0 Å². The molecule has 4 nitrogen and oxygen atoms in total. The Labute approximate surface area is 116 Å². The molecule has 1 saturated carbocycles. The molecular weight excluding hydrogens is 238 g/mol. The van der Waals surface area contributed by atoms with E-state index >= 15 is 0 Å². The van der Waals surface area contributed by atoms with E-state index in [-0.39, 0.29) is 5.41 Å². The van der Waals surface area contributed by atoms with Crippen LogP contribution in [-0.2, 0) is 6.54 Å². The van der Waals surface area contributed by atoms with Gasteiger partial charge in [-0.05, 0) is 38.5 Å². The maximum Gasteiger partial charge on any atom is 0.102 e. The van der Waals surface area contributed by atoms with E-state index in [4.69, 9.17) is 5.73 Å². The van der Waals surface area contributed by atoms with Gasteiger partial charge >= 0.3 is 0 Å². The van der Waals surface area contributed by atoms with Crippen molar-refractivity contribution in [3.63, 3.8) is 0 Å². The Kier molecular flexibility index (Phi) is 4.63. The van der Waals surface area contributed by atoms with Crippen LogP contribution in [0.3, 0.4) is 0 Å². The lowest BCUT2D eigenvalue weighted by molar-refractivity contribution is -0.0149. The summed E-state index contributed by atoms with van der Waals surface area (Å²) in [7, 11) is 0. The minimum Gasteiger partial charge on any atom is -0.386 e. The molecule has 0 amide bonds. The average Bonchev–Trinajstić information content (AvgIpc) is 2.94. The van der Waals surface area contributed by atoms with Crippen molar-refractivity contribution in [2.45, 2.75) is 58.6 Å². The maximum absolute atomic E-state index is 10.8. The van der Waals surface area contributed by atoms with Gasteiger partial charge in [0, 0.05) is 18.5 Å². The number of imidazole rings is 1. The highest BCUT2D eigenvalue weighted by molar-refractivity contribution is 5.09. The topological polar surface area (TPSA) is 64.1 Å². The van der Waals surface area contributed by atoms with Gasteiger partial charge < -0.3 is 15.4 Å². The molecule has 1 aliphatic carbocycles. The van der Waals surface area contributed by atoms with Crippen molar-refractivity contribution in [2.75, 3.05) is 6.54 Å². The van der Waals surface area contributed by atoms with Gasteiger partial charge in [0.25, 0.3) is 0 Å². The molecule has 2 rings (SSSR count). The van der Waals surface area contributed by atoms with Gasteiger partial charge in [0.15, 0.2) is 0 Å². The van der Waals surface area contributed by atoms with Crippen molar-refractivity contribution in [3.8, 4) is 0 Å². The van der Waals surface area contributed by atoms with Crippen molar-refractivity contribution in [1.29, 1.82) is 0 Å². The molecule has 108 valence electrons. The van der Waals surface area contributed by atoms with E-state index in [2.05, 4.69) is 18.8 Å². The highest BCUT2D eigenvalue weighted by atomic mass is 16.3. The highest BCUT2D eigenvalue weighted by Crippen LogP contribution is 2.47. The predicted octanol–water partition coefficient (Wildman–Crippen LogP) is 2.48. The summed E-state index contributed by atoms with van der Waals surface area (Å²) in [4.78, 5) is 4.17. The minimum absolute atomic E-state index is 0.154. The van der Waals surface area contributed by atoms with Crippen LogP contribution in [0.15, 0.2) is 12.5 Å². The third-order valence-corrected chi connectivity index (χ3v) is 5.03. The van der Waals surface area contributed by atoms with Gasteiger partial charge in [0.1, 0.15) is 6.10 Å². The van der Waals surface area contributed by atoms with E-state index in [0.29, 0.717) is 6.54 Å². The fraction of sp³-hybridized carbons (Fsp3) is 0.800. The van der Waals surface area contributed by atoms with Crippen LogP contribution < -0.4 is 5.73 Å². The molecule has 0 radical (unpaired) electrons. The summed E-state index contributed by atoms with van der Waals surface area (Å²) in [6, 6.07) is 0. The summed E-state index contributed by atoms with van der Waals surface area (Å²) in [5.74, 6) is 0.808. The molecule has 1 aliphatic rings. The van der Waals surface area contributed by atoms with Gasteiger partial charge in [-0.1, -0.05) is 13.3 Å². The van der Waals surface area contributed by atoms with Crippen molar-refractivity contribution in [1.82, 2.24) is 9.55 Å². The van der Waals surface area contributed by atoms with Crippen LogP contribution in [0.4, 0.5) is 0 Å². The first kappa shape index (κ1) is 14.5. The highest BCUT2D eigenvalue weighted by Gasteiger charge is 2.41. The summed E-state index contributed by atoms with van der Waals surface area (Å²) < 4.78 is 2.02. The average molecular weight is 265 g/mol. The van der Waals surface area contributed by atoms with Crippen molar-refractivity contribution >= 4 is 0 Å². The van der Waals surface area contributed by atoms with Crippen LogP contribution in [-0.4, -0.2) is 21.2 Å². The van der Waals surface area contributed by atoms with Crippen LogP contribution >= 0.6 is 0 Å². The Morgan fingerprint density at radius 3 is 2.68 bits per heavy atom. The molecular formula is C15H27N3O. The molecule has 4 heteroatoms. The van der Waals surface area contributed by atoms with Gasteiger partial charge in [0.2, 0.25) is 0 Å². The lowest BCUT2D eigenvalue weighted by atomic mass is 9.66. The first-order valence-corrected chi connectivity index (χ1v) is 7.55. The van der Waals surface area contributed by atoms with Gasteiger partial charge in [-0.25, -0.2) is 4.98 Å². The van der Waals surface area contributed by atoms with E-state index in [1.54, 1.807) is 12.5 Å². The zero-order valence-electron chi connectivity index (χ0n) is 12.2. The molecule has 1 fully saturated rings. The number of aryl methyl sites for hydroxylation is 1. The third kappa shape index (κ3) is 2.70. The zero-order valence-corrected chi connectivity index (χ0v) is 12.2. The number of nitrogens with two attached hydrogens (primary N) is 1. The second-order valence-electron chi connectivity index (χ2n) is 5.93. The molecule has 19 heavy (non-hydrogen) atoms. The van der Waals surface area contributed by atoms with Crippen molar-refractivity contribution in [2.24, 2.45) is 17.1 Å². The van der Waals surface area contributed by atoms with Gasteiger partial charge in [-0.15, -0.1) is 0 Å². The third-order valence-electron chi connectivity index (χ3n) is 5.03. The second-order valence-corrected chi connectivity index (χ2v) is 5.93. The molecule has 0 spiro atoms. The van der Waals surface area contributed by atoms with Crippen molar-refractivity contribution < 1.29 is 5.11 Å². The van der Waals surface area contributed by atoms with E-state index in [9.17, 15) is 5.11 Å². The quantitative estimate of drug-likeness (QED) is 0.859. The largest absolute Gasteiger partial charge is 0.386 e. The summed E-state index contributed by atoms with van der Waals surface area (Å²) in [6.07, 6.45) is 8.76. The SMILES string of the molecule is CCC1CCC(CN)(C(O)c2cncn2CC)CC1. The Morgan fingerprint density at radius 2 is 2.16 bits per heavy atom. The molecule has 0 aromatic carbocycles. The molecule has 0 aliphatic heterocycles. The number of hydrogen-bond donors (Lipinski definition) is 2. The molecule has 3 N–H and O–H groups in total. The molecule has 1 aromatic rings. The molecule has 1 heterocycles. The predicted molar refractivity (Wildman–Crippen MR) is 76.6 cm³/mol. The molecule has 0 saturated heterocycles. The molecule has 1 unspecified atom stereocenters.